The molecule has 1 heterocycles. The Morgan fingerprint density at radius 3 is 2.60 bits per heavy atom. The van der Waals surface area contributed by atoms with Crippen LogP contribution < -0.4 is 14.9 Å². The fourth-order valence-electron chi connectivity index (χ4n) is 2.01. The van der Waals surface area contributed by atoms with Gasteiger partial charge in [-0.05, 0) is 44.2 Å². The van der Waals surface area contributed by atoms with Crippen LogP contribution in [0.2, 0.25) is 0 Å². The Balaban J connectivity index is 2.01. The molecule has 0 aliphatic carbocycles. The van der Waals surface area contributed by atoms with E-state index in [-0.39, 0.29) is 11.2 Å². The molecule has 1 N–H and O–H groups in total. The smallest absolute Gasteiger partial charge is 0.253 e. The lowest BCUT2D eigenvalue weighted by atomic mass is 10.1. The van der Waals surface area contributed by atoms with Gasteiger partial charge in [-0.2, -0.15) is 5.10 Å². The molecule has 0 radical (unpaired) electrons. The molecule has 2 aromatic rings. The van der Waals surface area contributed by atoms with Crippen LogP contribution in [0.25, 0.3) is 0 Å². The Hall–Kier alpha value is -2.54. The van der Waals surface area contributed by atoms with E-state index in [1.807, 2.05) is 44.2 Å². The summed E-state index contributed by atoms with van der Waals surface area (Å²) < 4.78 is 10.5. The number of ether oxygens (including phenoxy) is 2. The number of amides is 1. The van der Waals surface area contributed by atoms with Gasteiger partial charge in [-0.3, -0.25) is 4.79 Å². The summed E-state index contributed by atoms with van der Waals surface area (Å²) in [6.45, 7) is 3.63. The van der Waals surface area contributed by atoms with E-state index >= 15 is 0 Å². The van der Waals surface area contributed by atoms with Crippen molar-refractivity contribution in [3.63, 3.8) is 0 Å². The summed E-state index contributed by atoms with van der Waals surface area (Å²) in [6.07, 6.45) is 1.70. The molecule has 0 aliphatic rings. The number of nitrogens with zero attached hydrogens (tertiary/aromatic N) is 2. The highest BCUT2D eigenvalue weighted by atomic mass is 32.2. The van der Waals surface area contributed by atoms with E-state index in [0.717, 1.165) is 10.6 Å². The lowest BCUT2D eigenvalue weighted by molar-refractivity contribution is -0.120. The predicted molar refractivity (Wildman–Crippen MR) is 99.5 cm³/mol. The number of carbonyl (C=O) groups is 1. The quantitative estimate of drug-likeness (QED) is 0.467. The number of benzene rings is 1. The lowest BCUT2D eigenvalue weighted by Crippen LogP contribution is -2.27. The van der Waals surface area contributed by atoms with Crippen molar-refractivity contribution in [3.8, 4) is 11.5 Å². The summed E-state index contributed by atoms with van der Waals surface area (Å²) in [5.41, 5.74) is 4.10. The average Bonchev–Trinajstić information content (AvgIpc) is 2.65. The van der Waals surface area contributed by atoms with Gasteiger partial charge in [-0.25, -0.2) is 10.4 Å². The average molecular weight is 359 g/mol. The van der Waals surface area contributed by atoms with E-state index in [2.05, 4.69) is 15.5 Å². The number of methoxy groups -OCH3 is 2. The summed E-state index contributed by atoms with van der Waals surface area (Å²) in [7, 11) is 3.16. The monoisotopic (exact) mass is 359 g/mol. The number of aromatic nitrogens is 1. The van der Waals surface area contributed by atoms with Crippen LogP contribution >= 0.6 is 11.8 Å². The van der Waals surface area contributed by atoms with E-state index in [4.69, 9.17) is 9.47 Å². The summed E-state index contributed by atoms with van der Waals surface area (Å²) >= 11 is 1.38. The van der Waals surface area contributed by atoms with E-state index in [1.165, 1.54) is 11.8 Å². The largest absolute Gasteiger partial charge is 0.493 e. The first-order valence-corrected chi connectivity index (χ1v) is 8.57. The van der Waals surface area contributed by atoms with Crippen LogP contribution in [0.15, 0.2) is 52.7 Å². The second-order valence-corrected chi connectivity index (χ2v) is 6.53. The van der Waals surface area contributed by atoms with Crippen molar-refractivity contribution in [2.75, 3.05) is 14.2 Å². The van der Waals surface area contributed by atoms with Crippen LogP contribution in [-0.2, 0) is 4.79 Å². The van der Waals surface area contributed by atoms with Crippen LogP contribution in [0.5, 0.6) is 11.5 Å². The van der Waals surface area contributed by atoms with Crippen LogP contribution in [-0.4, -0.2) is 36.1 Å². The Kier molecular flexibility index (Phi) is 6.82. The molecule has 0 unspecified atom stereocenters. The van der Waals surface area contributed by atoms with Gasteiger partial charge in [0.05, 0.1) is 30.2 Å². The van der Waals surface area contributed by atoms with Gasteiger partial charge in [0.1, 0.15) is 0 Å². The number of hydrazone groups is 1. The van der Waals surface area contributed by atoms with Gasteiger partial charge in [0.2, 0.25) is 0 Å². The molecule has 0 aliphatic heterocycles. The van der Waals surface area contributed by atoms with E-state index in [9.17, 15) is 4.79 Å². The molecule has 0 bridgehead atoms. The highest BCUT2D eigenvalue weighted by molar-refractivity contribution is 8.00. The van der Waals surface area contributed by atoms with E-state index in [1.54, 1.807) is 26.5 Å². The van der Waals surface area contributed by atoms with Crippen LogP contribution in [0.3, 0.4) is 0 Å². The molecule has 1 aromatic carbocycles. The summed E-state index contributed by atoms with van der Waals surface area (Å²) in [5.74, 6) is 1.07. The molecule has 0 saturated heterocycles. The normalized spacial score (nSPS) is 12.4. The number of rotatable bonds is 7. The summed E-state index contributed by atoms with van der Waals surface area (Å²) in [5, 5.41) is 4.66. The number of pyridine rings is 1. The molecule has 0 spiro atoms. The third-order valence-electron chi connectivity index (χ3n) is 3.44. The fourth-order valence-corrected chi connectivity index (χ4v) is 2.81. The second kappa shape index (κ2) is 9.08. The third kappa shape index (κ3) is 5.22. The van der Waals surface area contributed by atoms with Gasteiger partial charge in [0, 0.05) is 11.8 Å². The van der Waals surface area contributed by atoms with E-state index in [0.29, 0.717) is 17.2 Å². The molecule has 1 aromatic heterocycles. The minimum absolute atomic E-state index is 0.185. The standard InChI is InChI=1S/C18H21N3O3S/c1-12(14-8-9-15(23-3)16(11-14)24-4)20-21-18(22)13(2)25-17-7-5-6-10-19-17/h5-11,13H,1-4H3,(H,21,22)/b20-12-/t13-/m0/s1. The zero-order valence-electron chi connectivity index (χ0n) is 14.6. The Morgan fingerprint density at radius 1 is 1.20 bits per heavy atom. The van der Waals surface area contributed by atoms with Crippen molar-refractivity contribution in [3.05, 3.63) is 48.2 Å². The van der Waals surface area contributed by atoms with Gasteiger partial charge in [-0.15, -0.1) is 0 Å². The molecular formula is C18H21N3O3S. The number of hydrogen-bond donors (Lipinski definition) is 1. The van der Waals surface area contributed by atoms with Gasteiger partial charge < -0.3 is 9.47 Å². The third-order valence-corrected chi connectivity index (χ3v) is 4.49. The number of nitrogens with one attached hydrogen (secondary N) is 1. The number of carbonyl (C=O) groups excluding carboxylic acids is 1. The molecular weight excluding hydrogens is 338 g/mol. The Morgan fingerprint density at radius 2 is 1.96 bits per heavy atom. The lowest BCUT2D eigenvalue weighted by Gasteiger charge is -2.11. The molecule has 25 heavy (non-hydrogen) atoms. The van der Waals surface area contributed by atoms with Gasteiger partial charge in [-0.1, -0.05) is 17.8 Å². The first-order chi connectivity index (χ1) is 12.0. The first-order valence-electron chi connectivity index (χ1n) is 7.69. The molecule has 2 rings (SSSR count). The first kappa shape index (κ1) is 18.8. The highest BCUT2D eigenvalue weighted by Crippen LogP contribution is 2.27. The zero-order valence-corrected chi connectivity index (χ0v) is 15.5. The topological polar surface area (TPSA) is 72.8 Å². The number of thioether (sulfide) groups is 1. The maximum Gasteiger partial charge on any atom is 0.253 e. The maximum atomic E-state index is 12.2. The Labute approximate surface area is 151 Å². The van der Waals surface area contributed by atoms with Crippen molar-refractivity contribution in [2.45, 2.75) is 24.1 Å². The van der Waals surface area contributed by atoms with Gasteiger partial charge >= 0.3 is 0 Å². The molecule has 7 heteroatoms. The highest BCUT2D eigenvalue weighted by Gasteiger charge is 2.14. The van der Waals surface area contributed by atoms with Crippen molar-refractivity contribution < 1.29 is 14.3 Å². The number of hydrogen-bond acceptors (Lipinski definition) is 6. The second-order valence-electron chi connectivity index (χ2n) is 5.17. The summed E-state index contributed by atoms with van der Waals surface area (Å²) in [6, 6.07) is 11.1. The maximum absolute atomic E-state index is 12.2. The SMILES string of the molecule is COc1ccc(/C(C)=N\NC(=O)[C@H](C)Sc2ccccn2)cc1OC. The van der Waals surface area contributed by atoms with Crippen LogP contribution in [0.4, 0.5) is 0 Å². The summed E-state index contributed by atoms with van der Waals surface area (Å²) in [4.78, 5) is 16.4. The van der Waals surface area contributed by atoms with Gasteiger partial charge in [0.25, 0.3) is 5.91 Å². The molecule has 132 valence electrons. The molecule has 1 atom stereocenters. The van der Waals surface area contributed by atoms with Gasteiger partial charge in [0.15, 0.2) is 11.5 Å². The predicted octanol–water partition coefficient (Wildman–Crippen LogP) is 3.12. The van der Waals surface area contributed by atoms with Crippen molar-refractivity contribution in [1.29, 1.82) is 0 Å². The minimum Gasteiger partial charge on any atom is -0.493 e. The van der Waals surface area contributed by atoms with Crippen molar-refractivity contribution >= 4 is 23.4 Å². The zero-order chi connectivity index (χ0) is 18.2. The minimum atomic E-state index is -0.308. The van der Waals surface area contributed by atoms with Crippen LogP contribution in [0.1, 0.15) is 19.4 Å². The molecule has 0 saturated carbocycles. The molecule has 1 amide bonds. The van der Waals surface area contributed by atoms with Crippen molar-refractivity contribution in [2.24, 2.45) is 5.10 Å². The van der Waals surface area contributed by atoms with Crippen LogP contribution in [0, 0.1) is 0 Å². The Bertz CT molecular complexity index is 750. The molecule has 0 fully saturated rings. The fraction of sp³-hybridized carbons (Fsp3) is 0.278. The van der Waals surface area contributed by atoms with Crippen molar-refractivity contribution in [1.82, 2.24) is 10.4 Å². The molecule has 6 nitrogen and oxygen atoms in total. The van der Waals surface area contributed by atoms with E-state index < -0.39 is 0 Å².